The number of benzene rings is 2. The van der Waals surface area contributed by atoms with Gasteiger partial charge in [-0.2, -0.15) is 5.84 Å². The second kappa shape index (κ2) is 4.70. The summed E-state index contributed by atoms with van der Waals surface area (Å²) in [4.78, 5) is 11.1. The van der Waals surface area contributed by atoms with Crippen LogP contribution in [0.3, 0.4) is 0 Å². The zero-order chi connectivity index (χ0) is 13.3. The molecule has 0 saturated carbocycles. The van der Waals surface area contributed by atoms with Crippen LogP contribution >= 0.6 is 11.6 Å². The Morgan fingerprint density at radius 3 is 2.28 bits per heavy atom. The van der Waals surface area contributed by atoms with E-state index in [1.807, 2.05) is 0 Å². The zero-order valence-corrected chi connectivity index (χ0v) is 9.79. The second-order valence-electron chi connectivity index (χ2n) is 3.62. The fourth-order valence-corrected chi connectivity index (χ4v) is 1.85. The number of halogens is 3. The summed E-state index contributed by atoms with van der Waals surface area (Å²) in [5.74, 6) is 3.56. The molecule has 0 aromatic heterocycles. The van der Waals surface area contributed by atoms with Gasteiger partial charge in [0, 0.05) is 17.2 Å². The van der Waals surface area contributed by atoms with Crippen LogP contribution in [0.2, 0.25) is 5.02 Å². The third kappa shape index (κ3) is 2.31. The Morgan fingerprint density at radius 1 is 1.11 bits per heavy atom. The van der Waals surface area contributed by atoms with Gasteiger partial charge in [0.2, 0.25) is 0 Å². The van der Waals surface area contributed by atoms with E-state index in [2.05, 4.69) is 0 Å². The first-order valence-corrected chi connectivity index (χ1v) is 5.34. The highest BCUT2D eigenvalue weighted by Gasteiger charge is 2.17. The lowest BCUT2D eigenvalue weighted by molar-refractivity contribution is -0.474. The molecule has 0 unspecified atom stereocenters. The first kappa shape index (κ1) is 12.4. The third-order valence-corrected chi connectivity index (χ3v) is 2.61. The second-order valence-corrected chi connectivity index (χ2v) is 4.06. The van der Waals surface area contributed by atoms with Crippen molar-refractivity contribution in [1.29, 1.82) is 0 Å². The van der Waals surface area contributed by atoms with Crippen molar-refractivity contribution in [3.8, 4) is 11.1 Å². The van der Waals surface area contributed by atoms with E-state index >= 15 is 0 Å². The Balaban J connectivity index is 2.68. The van der Waals surface area contributed by atoms with Gasteiger partial charge in [-0.25, -0.2) is 8.78 Å². The summed E-state index contributed by atoms with van der Waals surface area (Å²) in [6.07, 6.45) is 0. The molecule has 0 radical (unpaired) electrons. The molecule has 2 rings (SSSR count). The normalized spacial score (nSPS) is 10.4. The van der Waals surface area contributed by atoms with Gasteiger partial charge in [0.25, 0.3) is 5.69 Å². The van der Waals surface area contributed by atoms with Crippen LogP contribution in [0.1, 0.15) is 0 Å². The van der Waals surface area contributed by atoms with Crippen LogP contribution in [0.5, 0.6) is 0 Å². The van der Waals surface area contributed by atoms with Crippen molar-refractivity contribution in [2.24, 2.45) is 5.84 Å². The average Bonchev–Trinajstić information content (AvgIpc) is 2.28. The molecule has 0 aliphatic rings. The molecular weight excluding hydrogens is 262 g/mol. The highest BCUT2D eigenvalue weighted by Crippen LogP contribution is 2.31. The van der Waals surface area contributed by atoms with Crippen LogP contribution in [0.25, 0.3) is 11.1 Å². The van der Waals surface area contributed by atoms with Crippen LogP contribution in [0, 0.1) is 16.5 Å². The summed E-state index contributed by atoms with van der Waals surface area (Å²) in [6, 6.07) is 7.42. The predicted molar refractivity (Wildman–Crippen MR) is 64.3 cm³/mol. The molecule has 6 heteroatoms. The fraction of sp³-hybridized carbons (Fsp3) is 0. The van der Waals surface area contributed by atoms with Crippen molar-refractivity contribution in [3.63, 3.8) is 0 Å². The lowest BCUT2D eigenvalue weighted by atomic mass is 10.0. The lowest BCUT2D eigenvalue weighted by Gasteiger charge is -2.05. The van der Waals surface area contributed by atoms with Gasteiger partial charge in [0.1, 0.15) is 11.6 Å². The summed E-state index contributed by atoms with van der Waals surface area (Å²) in [7, 11) is 0. The monoisotopic (exact) mass is 269 g/mol. The molecule has 0 amide bonds. The summed E-state index contributed by atoms with van der Waals surface area (Å²) >= 11 is 5.78. The van der Waals surface area contributed by atoms with Crippen molar-refractivity contribution in [2.75, 3.05) is 0 Å². The molecule has 2 N–H and O–H groups in total. The fourth-order valence-electron chi connectivity index (χ4n) is 1.62. The molecule has 92 valence electrons. The van der Waals surface area contributed by atoms with E-state index in [9.17, 15) is 13.7 Å². The molecule has 3 nitrogen and oxygen atoms in total. The topological polar surface area (TPSA) is 46.1 Å². The highest BCUT2D eigenvalue weighted by atomic mass is 35.5. The molecule has 2 aromatic carbocycles. The Labute approximate surface area is 106 Å². The number of hydrogen-bond acceptors (Lipinski definition) is 1. The maximum absolute atomic E-state index is 13.6. The molecule has 0 saturated heterocycles. The molecule has 0 bridgehead atoms. The Hall–Kier alpha value is -2.01. The zero-order valence-electron chi connectivity index (χ0n) is 9.03. The molecule has 0 atom stereocenters. The molecule has 0 heterocycles. The lowest BCUT2D eigenvalue weighted by Crippen LogP contribution is -2.08. The van der Waals surface area contributed by atoms with Gasteiger partial charge in [-0.1, -0.05) is 17.7 Å². The van der Waals surface area contributed by atoms with Gasteiger partial charge < -0.3 is 0 Å². The third-order valence-electron chi connectivity index (χ3n) is 2.39. The van der Waals surface area contributed by atoms with E-state index < -0.39 is 11.6 Å². The van der Waals surface area contributed by atoms with Gasteiger partial charge in [-0.15, -0.1) is 0 Å². The van der Waals surface area contributed by atoms with E-state index in [1.165, 1.54) is 24.3 Å². The summed E-state index contributed by atoms with van der Waals surface area (Å²) in [5.41, 5.74) is -0.0809. The van der Waals surface area contributed by atoms with Gasteiger partial charge in [0.05, 0.1) is 10.5 Å². The van der Waals surface area contributed by atoms with Crippen LogP contribution in [-0.4, -0.2) is 4.87 Å². The van der Waals surface area contributed by atoms with E-state index in [-0.39, 0.29) is 26.7 Å². The van der Waals surface area contributed by atoms with E-state index in [0.717, 1.165) is 12.1 Å². The van der Waals surface area contributed by atoms with Crippen LogP contribution in [0.4, 0.5) is 14.5 Å². The van der Waals surface area contributed by atoms with Crippen LogP contribution < -0.4 is 5.84 Å². The van der Waals surface area contributed by atoms with Crippen molar-refractivity contribution in [3.05, 3.63) is 58.0 Å². The quantitative estimate of drug-likeness (QED) is 0.515. The number of nitrogens with zero attached hydrogens (tertiary/aromatic N) is 1. The van der Waals surface area contributed by atoms with Gasteiger partial charge >= 0.3 is 0 Å². The SMILES string of the molecule is N[N+](=O)c1cc(Cl)cc(-c2c(F)cccc2F)c1. The number of rotatable bonds is 2. The minimum absolute atomic E-state index is 0.0140. The minimum Gasteiger partial charge on any atom is -0.206 e. The molecule has 0 fully saturated rings. The van der Waals surface area contributed by atoms with Gasteiger partial charge in [0.15, 0.2) is 4.87 Å². The number of hydrazine groups is 1. The first-order chi connectivity index (χ1) is 8.49. The van der Waals surface area contributed by atoms with Crippen molar-refractivity contribution >= 4 is 17.3 Å². The summed E-state index contributed by atoms with van der Waals surface area (Å²) < 4.78 is 27.2. The van der Waals surface area contributed by atoms with Gasteiger partial charge in [-0.05, 0) is 23.8 Å². The molecule has 0 aliphatic carbocycles. The van der Waals surface area contributed by atoms with Crippen LogP contribution in [0.15, 0.2) is 36.4 Å². The highest BCUT2D eigenvalue weighted by molar-refractivity contribution is 6.31. The predicted octanol–water partition coefficient (Wildman–Crippen LogP) is 3.57. The number of hydrogen-bond donors (Lipinski definition) is 1. The molecule has 0 aliphatic heterocycles. The van der Waals surface area contributed by atoms with Crippen LogP contribution in [-0.2, 0) is 0 Å². The van der Waals surface area contributed by atoms with Gasteiger partial charge in [-0.3, -0.25) is 0 Å². The Morgan fingerprint density at radius 2 is 1.72 bits per heavy atom. The standard InChI is InChI=1S/C12H8ClF2N2O/c13-8-4-7(5-9(6-8)17(16)18)12-10(14)2-1-3-11(12)15/h1-6H,(H2,16,18)/q+1. The van der Waals surface area contributed by atoms with E-state index in [4.69, 9.17) is 17.4 Å². The molecule has 0 spiro atoms. The summed E-state index contributed by atoms with van der Waals surface area (Å²) in [5, 5.41) is 0.163. The van der Waals surface area contributed by atoms with Crippen molar-refractivity contribution in [1.82, 2.24) is 0 Å². The van der Waals surface area contributed by atoms with Crippen molar-refractivity contribution in [2.45, 2.75) is 0 Å². The minimum atomic E-state index is -0.738. The smallest absolute Gasteiger partial charge is 0.206 e. The Kier molecular flexibility index (Phi) is 3.25. The Bertz CT molecular complexity index is 611. The molecular formula is C12H8ClF2N2O+. The summed E-state index contributed by atoms with van der Waals surface area (Å²) in [6.45, 7) is 0. The average molecular weight is 270 g/mol. The number of nitrogens with two attached hydrogens (primary N) is 1. The number of nitroso groups, excluding NO2 is 1. The van der Waals surface area contributed by atoms with E-state index in [0.29, 0.717) is 0 Å². The maximum Gasteiger partial charge on any atom is 0.293 e. The molecule has 18 heavy (non-hydrogen) atoms. The van der Waals surface area contributed by atoms with Crippen molar-refractivity contribution < 1.29 is 13.6 Å². The first-order valence-electron chi connectivity index (χ1n) is 4.96. The largest absolute Gasteiger partial charge is 0.293 e. The van der Waals surface area contributed by atoms with E-state index in [1.54, 1.807) is 0 Å². The maximum atomic E-state index is 13.6. The molecule has 2 aromatic rings.